The molecular formula is C15H22O2. The Morgan fingerprint density at radius 1 is 1.18 bits per heavy atom. The van der Waals surface area contributed by atoms with Crippen LogP contribution in [0.1, 0.15) is 49.7 Å². The predicted octanol–water partition coefficient (Wildman–Crippen LogP) is 2.63. The molecule has 1 unspecified atom stereocenters. The van der Waals surface area contributed by atoms with E-state index in [9.17, 15) is 5.11 Å². The molecule has 94 valence electrons. The highest BCUT2D eigenvalue weighted by atomic mass is 16.3. The average molecular weight is 234 g/mol. The van der Waals surface area contributed by atoms with Gasteiger partial charge in [-0.1, -0.05) is 44.0 Å². The third kappa shape index (κ3) is 3.08. The molecule has 0 radical (unpaired) electrons. The van der Waals surface area contributed by atoms with E-state index in [0.717, 1.165) is 37.7 Å². The molecule has 1 fully saturated rings. The topological polar surface area (TPSA) is 40.5 Å². The van der Waals surface area contributed by atoms with Crippen LogP contribution in [-0.2, 0) is 6.42 Å². The zero-order valence-electron chi connectivity index (χ0n) is 10.5. The van der Waals surface area contributed by atoms with Crippen LogP contribution in [0.2, 0.25) is 0 Å². The molecule has 2 N–H and O–H groups in total. The lowest BCUT2D eigenvalue weighted by Crippen LogP contribution is -2.26. The number of benzene rings is 1. The van der Waals surface area contributed by atoms with Crippen LogP contribution in [0.25, 0.3) is 0 Å². The van der Waals surface area contributed by atoms with Gasteiger partial charge in [-0.15, -0.1) is 0 Å². The van der Waals surface area contributed by atoms with Crippen molar-refractivity contribution in [3.63, 3.8) is 0 Å². The van der Waals surface area contributed by atoms with E-state index in [-0.39, 0.29) is 12.5 Å². The summed E-state index contributed by atoms with van der Waals surface area (Å²) in [5.41, 5.74) is 1.89. The Morgan fingerprint density at radius 2 is 1.76 bits per heavy atom. The molecular weight excluding hydrogens is 212 g/mol. The van der Waals surface area contributed by atoms with Crippen molar-refractivity contribution in [2.24, 2.45) is 0 Å². The van der Waals surface area contributed by atoms with Crippen LogP contribution in [0.5, 0.6) is 0 Å². The minimum atomic E-state index is -0.468. The lowest BCUT2D eigenvalue weighted by atomic mass is 9.91. The van der Waals surface area contributed by atoms with Gasteiger partial charge in [-0.2, -0.15) is 0 Å². The molecule has 1 aromatic carbocycles. The first kappa shape index (κ1) is 12.6. The van der Waals surface area contributed by atoms with Gasteiger partial charge >= 0.3 is 0 Å². The molecule has 0 heterocycles. The summed E-state index contributed by atoms with van der Waals surface area (Å²) in [6, 6.07) is 8.29. The molecule has 2 rings (SSSR count). The van der Waals surface area contributed by atoms with Gasteiger partial charge in [0, 0.05) is 18.9 Å². The van der Waals surface area contributed by atoms with Crippen molar-refractivity contribution < 1.29 is 10.2 Å². The van der Waals surface area contributed by atoms with E-state index >= 15 is 0 Å². The van der Waals surface area contributed by atoms with Gasteiger partial charge in [0.15, 0.2) is 0 Å². The summed E-state index contributed by atoms with van der Waals surface area (Å²) in [5, 5.41) is 19.4. The van der Waals surface area contributed by atoms with E-state index in [2.05, 4.69) is 24.3 Å². The van der Waals surface area contributed by atoms with Gasteiger partial charge in [-0.05, 0) is 24.0 Å². The molecule has 17 heavy (non-hydrogen) atoms. The molecule has 0 amide bonds. The molecule has 1 aliphatic carbocycles. The highest BCUT2D eigenvalue weighted by molar-refractivity contribution is 5.26. The predicted molar refractivity (Wildman–Crippen MR) is 69.1 cm³/mol. The molecule has 1 aromatic rings. The van der Waals surface area contributed by atoms with Gasteiger partial charge in [-0.3, -0.25) is 0 Å². The van der Waals surface area contributed by atoms with Crippen molar-refractivity contribution in [3.05, 3.63) is 35.4 Å². The third-order valence-corrected chi connectivity index (χ3v) is 3.89. The fraction of sp³-hybridized carbons (Fsp3) is 0.600. The summed E-state index contributed by atoms with van der Waals surface area (Å²) in [7, 11) is 0. The maximum atomic E-state index is 10.3. The van der Waals surface area contributed by atoms with Gasteiger partial charge < -0.3 is 10.2 Å². The van der Waals surface area contributed by atoms with E-state index in [1.807, 2.05) is 6.92 Å². The minimum Gasteiger partial charge on any atom is -0.396 e. The van der Waals surface area contributed by atoms with Crippen molar-refractivity contribution in [1.82, 2.24) is 0 Å². The van der Waals surface area contributed by atoms with Gasteiger partial charge in [0.25, 0.3) is 0 Å². The molecule has 1 atom stereocenters. The molecule has 0 bridgehead atoms. The smallest absolute Gasteiger partial charge is 0.0688 e. The lowest BCUT2D eigenvalue weighted by molar-refractivity contribution is 0.0482. The standard InChI is InChI=1S/C15H22O2/c1-12(11-16)14-6-4-13(5-7-14)10-15(17)8-2-3-9-15/h4-7,12,16-17H,2-3,8-11H2,1H3. The van der Waals surface area contributed by atoms with Gasteiger partial charge in [0.2, 0.25) is 0 Å². The maximum absolute atomic E-state index is 10.3. The van der Waals surface area contributed by atoms with Gasteiger partial charge in [0.1, 0.15) is 0 Å². The first-order valence-electron chi connectivity index (χ1n) is 6.55. The zero-order valence-corrected chi connectivity index (χ0v) is 10.5. The number of hydrogen-bond acceptors (Lipinski definition) is 2. The molecule has 0 aliphatic heterocycles. The molecule has 0 saturated heterocycles. The van der Waals surface area contributed by atoms with E-state index in [1.54, 1.807) is 0 Å². The second kappa shape index (κ2) is 5.19. The SMILES string of the molecule is CC(CO)c1ccc(CC2(O)CCCC2)cc1. The lowest BCUT2D eigenvalue weighted by Gasteiger charge is -2.22. The first-order chi connectivity index (χ1) is 8.13. The van der Waals surface area contributed by atoms with Crippen molar-refractivity contribution in [2.75, 3.05) is 6.61 Å². The molecule has 0 aromatic heterocycles. The van der Waals surface area contributed by atoms with Gasteiger partial charge in [-0.25, -0.2) is 0 Å². The van der Waals surface area contributed by atoms with E-state index in [1.165, 1.54) is 5.56 Å². The molecule has 2 nitrogen and oxygen atoms in total. The van der Waals surface area contributed by atoms with E-state index in [0.29, 0.717) is 0 Å². The Morgan fingerprint density at radius 3 is 2.29 bits per heavy atom. The normalized spacial score (nSPS) is 20.4. The van der Waals surface area contributed by atoms with Crippen LogP contribution in [0.3, 0.4) is 0 Å². The Bertz CT molecular complexity index is 350. The quantitative estimate of drug-likeness (QED) is 0.840. The summed E-state index contributed by atoms with van der Waals surface area (Å²) in [5.74, 6) is 0.193. The van der Waals surface area contributed by atoms with E-state index in [4.69, 9.17) is 5.11 Å². The fourth-order valence-electron chi connectivity index (χ4n) is 2.66. The number of hydrogen-bond donors (Lipinski definition) is 2. The molecule has 1 aliphatic rings. The van der Waals surface area contributed by atoms with Crippen LogP contribution < -0.4 is 0 Å². The largest absolute Gasteiger partial charge is 0.396 e. The number of aliphatic hydroxyl groups is 2. The summed E-state index contributed by atoms with van der Waals surface area (Å²) >= 11 is 0. The Kier molecular flexibility index (Phi) is 3.85. The van der Waals surface area contributed by atoms with Crippen molar-refractivity contribution >= 4 is 0 Å². The average Bonchev–Trinajstić information content (AvgIpc) is 2.76. The minimum absolute atomic E-state index is 0.184. The van der Waals surface area contributed by atoms with E-state index < -0.39 is 5.60 Å². The Labute approximate surface area is 103 Å². The highest BCUT2D eigenvalue weighted by Crippen LogP contribution is 2.32. The molecule has 1 saturated carbocycles. The second-order valence-electron chi connectivity index (χ2n) is 5.43. The molecule has 2 heteroatoms. The fourth-order valence-corrected chi connectivity index (χ4v) is 2.66. The summed E-state index contributed by atoms with van der Waals surface area (Å²) in [4.78, 5) is 0. The maximum Gasteiger partial charge on any atom is 0.0688 e. The zero-order chi connectivity index (χ0) is 12.3. The van der Waals surface area contributed by atoms with Crippen molar-refractivity contribution in [3.8, 4) is 0 Å². The number of aliphatic hydroxyl groups excluding tert-OH is 1. The monoisotopic (exact) mass is 234 g/mol. The van der Waals surface area contributed by atoms with Crippen LogP contribution in [0.4, 0.5) is 0 Å². The second-order valence-corrected chi connectivity index (χ2v) is 5.43. The summed E-state index contributed by atoms with van der Waals surface area (Å²) < 4.78 is 0. The van der Waals surface area contributed by atoms with Crippen molar-refractivity contribution in [2.45, 2.75) is 50.5 Å². The Balaban J connectivity index is 2.03. The van der Waals surface area contributed by atoms with Crippen LogP contribution >= 0.6 is 0 Å². The highest BCUT2D eigenvalue weighted by Gasteiger charge is 2.30. The summed E-state index contributed by atoms with van der Waals surface area (Å²) in [6.07, 6.45) is 4.93. The Hall–Kier alpha value is -0.860. The van der Waals surface area contributed by atoms with Gasteiger partial charge in [0.05, 0.1) is 5.60 Å². The van der Waals surface area contributed by atoms with Crippen LogP contribution in [0.15, 0.2) is 24.3 Å². The summed E-state index contributed by atoms with van der Waals surface area (Å²) in [6.45, 7) is 2.20. The van der Waals surface area contributed by atoms with Crippen LogP contribution in [-0.4, -0.2) is 22.4 Å². The van der Waals surface area contributed by atoms with Crippen molar-refractivity contribution in [1.29, 1.82) is 0 Å². The molecule has 0 spiro atoms. The van der Waals surface area contributed by atoms with Crippen LogP contribution in [0, 0.1) is 0 Å². The third-order valence-electron chi connectivity index (χ3n) is 3.89. The first-order valence-corrected chi connectivity index (χ1v) is 6.55. The number of rotatable bonds is 4.